The monoisotopic (exact) mass is 388 g/mol. The molecule has 1 aliphatic heterocycles. The van der Waals surface area contributed by atoms with Crippen LogP contribution in [0.2, 0.25) is 0 Å². The number of nitrogens with two attached hydrogens (primary N) is 1. The van der Waals surface area contributed by atoms with E-state index < -0.39 is 17.8 Å². The Morgan fingerprint density at radius 3 is 2.55 bits per heavy atom. The van der Waals surface area contributed by atoms with Crippen molar-refractivity contribution in [3.8, 4) is 11.4 Å². The first-order valence-electron chi connectivity index (χ1n) is 9.22. The molecule has 144 valence electrons. The molecule has 0 fully saturated rings. The molecule has 0 saturated heterocycles. The lowest BCUT2D eigenvalue weighted by atomic mass is 9.93. The molecule has 2 N–H and O–H groups in total. The molecular formula is C21H17FN6O. The number of carbonyl (C=O) groups excluding carboxylic acids is 1. The SMILES string of the molecule is NC(=O)[C@@H]1Cc2ccccc2CN1c1ccc2nnc(-c3ccccc3F)n2n1. The van der Waals surface area contributed by atoms with Crippen molar-refractivity contribution >= 4 is 17.4 Å². The molecule has 1 amide bonds. The van der Waals surface area contributed by atoms with Gasteiger partial charge in [0.25, 0.3) is 0 Å². The number of fused-ring (bicyclic) bond motifs is 2. The van der Waals surface area contributed by atoms with Gasteiger partial charge in [-0.05, 0) is 35.4 Å². The first-order valence-corrected chi connectivity index (χ1v) is 9.22. The number of nitrogens with zero attached hydrogens (tertiary/aromatic N) is 5. The lowest BCUT2D eigenvalue weighted by molar-refractivity contribution is -0.119. The third-order valence-corrected chi connectivity index (χ3v) is 5.23. The largest absolute Gasteiger partial charge is 0.368 e. The van der Waals surface area contributed by atoms with Gasteiger partial charge in [-0.2, -0.15) is 4.52 Å². The minimum Gasteiger partial charge on any atom is -0.368 e. The van der Waals surface area contributed by atoms with E-state index in [9.17, 15) is 9.18 Å². The van der Waals surface area contributed by atoms with Crippen LogP contribution in [-0.4, -0.2) is 31.8 Å². The van der Waals surface area contributed by atoms with Gasteiger partial charge in [0, 0.05) is 13.0 Å². The van der Waals surface area contributed by atoms with Crippen molar-refractivity contribution in [2.45, 2.75) is 19.0 Å². The zero-order valence-corrected chi connectivity index (χ0v) is 15.4. The third-order valence-electron chi connectivity index (χ3n) is 5.23. The maximum atomic E-state index is 14.3. The van der Waals surface area contributed by atoms with E-state index in [1.165, 1.54) is 10.6 Å². The minimum atomic E-state index is -0.525. The molecule has 7 nitrogen and oxygen atoms in total. The highest BCUT2D eigenvalue weighted by Gasteiger charge is 2.31. The van der Waals surface area contributed by atoms with E-state index in [1.54, 1.807) is 30.3 Å². The topological polar surface area (TPSA) is 89.4 Å². The lowest BCUT2D eigenvalue weighted by Crippen LogP contribution is -2.49. The Bertz CT molecular complexity index is 1240. The standard InChI is InChI=1S/C21H17FN6O/c22-16-8-4-3-7-15(16)21-25-24-18-9-10-19(26-28(18)21)27-12-14-6-2-1-5-13(14)11-17(27)20(23)29/h1-10,17H,11-12H2,(H2,23,29)/t17-/m0/s1. The molecule has 1 atom stereocenters. The first kappa shape index (κ1) is 17.3. The van der Waals surface area contributed by atoms with Gasteiger partial charge in [-0.25, -0.2) is 4.39 Å². The number of benzene rings is 2. The number of primary amides is 1. The molecule has 0 bridgehead atoms. The van der Waals surface area contributed by atoms with E-state index in [0.717, 1.165) is 11.1 Å². The highest BCUT2D eigenvalue weighted by atomic mass is 19.1. The van der Waals surface area contributed by atoms with Crippen LogP contribution in [0.5, 0.6) is 0 Å². The molecule has 0 saturated carbocycles. The molecule has 0 unspecified atom stereocenters. The third kappa shape index (κ3) is 2.89. The molecule has 2 aromatic carbocycles. The van der Waals surface area contributed by atoms with Crippen LogP contribution in [0.1, 0.15) is 11.1 Å². The summed E-state index contributed by atoms with van der Waals surface area (Å²) in [5, 5.41) is 12.8. The molecule has 0 aliphatic carbocycles. The number of anilines is 1. The number of halogens is 1. The fourth-order valence-corrected chi connectivity index (χ4v) is 3.76. The second-order valence-corrected chi connectivity index (χ2v) is 6.98. The van der Waals surface area contributed by atoms with E-state index in [4.69, 9.17) is 5.73 Å². The van der Waals surface area contributed by atoms with Gasteiger partial charge >= 0.3 is 0 Å². The molecular weight excluding hydrogens is 371 g/mol. The Hall–Kier alpha value is -3.81. The van der Waals surface area contributed by atoms with E-state index in [-0.39, 0.29) is 0 Å². The lowest BCUT2D eigenvalue weighted by Gasteiger charge is -2.35. The second kappa shape index (κ2) is 6.66. The minimum absolute atomic E-state index is 0.299. The molecule has 2 aromatic heterocycles. The number of aromatic nitrogens is 4. The fraction of sp³-hybridized carbons (Fsp3) is 0.143. The second-order valence-electron chi connectivity index (χ2n) is 6.98. The highest BCUT2D eigenvalue weighted by Crippen LogP contribution is 2.28. The summed E-state index contributed by atoms with van der Waals surface area (Å²) in [6.07, 6.45) is 0.508. The van der Waals surface area contributed by atoms with Gasteiger partial charge < -0.3 is 10.6 Å². The van der Waals surface area contributed by atoms with E-state index in [1.807, 2.05) is 29.2 Å². The Labute approximate surface area is 165 Å². The van der Waals surface area contributed by atoms with E-state index >= 15 is 0 Å². The van der Waals surface area contributed by atoms with Crippen molar-refractivity contribution in [1.82, 2.24) is 19.8 Å². The molecule has 0 spiro atoms. The normalized spacial score (nSPS) is 16.0. The van der Waals surface area contributed by atoms with Crippen LogP contribution >= 0.6 is 0 Å². The number of hydrogen-bond acceptors (Lipinski definition) is 5. The van der Waals surface area contributed by atoms with Crippen molar-refractivity contribution in [2.75, 3.05) is 4.90 Å². The molecule has 1 aliphatic rings. The van der Waals surface area contributed by atoms with Crippen molar-refractivity contribution in [3.05, 3.63) is 77.6 Å². The maximum absolute atomic E-state index is 14.3. The van der Waals surface area contributed by atoms with Crippen LogP contribution in [0.4, 0.5) is 10.2 Å². The molecule has 29 heavy (non-hydrogen) atoms. The summed E-state index contributed by atoms with van der Waals surface area (Å²) in [5.74, 6) is 0.0246. The number of amides is 1. The van der Waals surface area contributed by atoms with Crippen LogP contribution in [0.15, 0.2) is 60.7 Å². The highest BCUT2D eigenvalue weighted by molar-refractivity contribution is 5.84. The Morgan fingerprint density at radius 2 is 1.76 bits per heavy atom. The average molecular weight is 388 g/mol. The summed E-state index contributed by atoms with van der Waals surface area (Å²) in [7, 11) is 0. The first-order chi connectivity index (χ1) is 14.1. The van der Waals surface area contributed by atoms with Crippen LogP contribution in [0, 0.1) is 5.82 Å². The zero-order chi connectivity index (χ0) is 20.0. The van der Waals surface area contributed by atoms with Crippen LogP contribution in [0.25, 0.3) is 17.0 Å². The van der Waals surface area contributed by atoms with Gasteiger partial charge in [-0.1, -0.05) is 36.4 Å². The van der Waals surface area contributed by atoms with Gasteiger partial charge in [0.05, 0.1) is 5.56 Å². The molecule has 5 rings (SSSR count). The molecule has 0 radical (unpaired) electrons. The van der Waals surface area contributed by atoms with Gasteiger partial charge in [-0.15, -0.1) is 15.3 Å². The number of hydrogen-bond donors (Lipinski definition) is 1. The van der Waals surface area contributed by atoms with E-state index in [2.05, 4.69) is 15.3 Å². The van der Waals surface area contributed by atoms with Crippen LogP contribution < -0.4 is 10.6 Å². The van der Waals surface area contributed by atoms with Crippen molar-refractivity contribution in [3.63, 3.8) is 0 Å². The number of rotatable bonds is 3. The summed E-state index contributed by atoms with van der Waals surface area (Å²) in [6.45, 7) is 0.499. The summed E-state index contributed by atoms with van der Waals surface area (Å²) < 4.78 is 15.8. The molecule has 3 heterocycles. The van der Waals surface area contributed by atoms with Gasteiger partial charge in [0.15, 0.2) is 17.3 Å². The summed E-state index contributed by atoms with van der Waals surface area (Å²) in [5.41, 5.74) is 8.71. The maximum Gasteiger partial charge on any atom is 0.240 e. The average Bonchev–Trinajstić information content (AvgIpc) is 3.16. The predicted octanol–water partition coefficient (Wildman–Crippen LogP) is 2.35. The van der Waals surface area contributed by atoms with Crippen molar-refractivity contribution in [2.24, 2.45) is 5.73 Å². The van der Waals surface area contributed by atoms with Crippen LogP contribution in [-0.2, 0) is 17.8 Å². The summed E-state index contributed by atoms with van der Waals surface area (Å²) in [4.78, 5) is 14.0. The smallest absolute Gasteiger partial charge is 0.240 e. The molecule has 8 heteroatoms. The van der Waals surface area contributed by atoms with Crippen molar-refractivity contribution in [1.29, 1.82) is 0 Å². The van der Waals surface area contributed by atoms with Gasteiger partial charge in [0.1, 0.15) is 11.9 Å². The van der Waals surface area contributed by atoms with Crippen molar-refractivity contribution < 1.29 is 9.18 Å². The Balaban J connectivity index is 1.62. The summed E-state index contributed by atoms with van der Waals surface area (Å²) in [6, 6.07) is 17.3. The number of carbonyl (C=O) groups is 1. The van der Waals surface area contributed by atoms with Gasteiger partial charge in [0.2, 0.25) is 5.91 Å². The summed E-state index contributed by atoms with van der Waals surface area (Å²) >= 11 is 0. The fourth-order valence-electron chi connectivity index (χ4n) is 3.76. The predicted molar refractivity (Wildman–Crippen MR) is 105 cm³/mol. The Morgan fingerprint density at radius 1 is 1.00 bits per heavy atom. The molecule has 4 aromatic rings. The quantitative estimate of drug-likeness (QED) is 0.582. The van der Waals surface area contributed by atoms with Gasteiger partial charge in [-0.3, -0.25) is 4.79 Å². The Kier molecular flexibility index (Phi) is 3.97. The van der Waals surface area contributed by atoms with Crippen LogP contribution in [0.3, 0.4) is 0 Å². The van der Waals surface area contributed by atoms with E-state index in [0.29, 0.717) is 35.8 Å². The zero-order valence-electron chi connectivity index (χ0n) is 15.4.